The highest BCUT2D eigenvalue weighted by Crippen LogP contribution is 2.20. The van der Waals surface area contributed by atoms with Gasteiger partial charge < -0.3 is 5.32 Å². The molecule has 0 radical (unpaired) electrons. The minimum Gasteiger partial charge on any atom is -0.345 e. The summed E-state index contributed by atoms with van der Waals surface area (Å²) in [5, 5.41) is -1.69. The number of halogens is 3. The van der Waals surface area contributed by atoms with Crippen LogP contribution >= 0.6 is 11.6 Å². The van der Waals surface area contributed by atoms with E-state index in [0.717, 1.165) is 0 Å². The molecule has 12 heavy (non-hydrogen) atoms. The van der Waals surface area contributed by atoms with Gasteiger partial charge in [0, 0.05) is 5.54 Å². The van der Waals surface area contributed by atoms with Crippen LogP contribution in [0.3, 0.4) is 0 Å². The van der Waals surface area contributed by atoms with Gasteiger partial charge in [0.05, 0.1) is 0 Å². The van der Waals surface area contributed by atoms with Gasteiger partial charge >= 0.3 is 11.3 Å². The number of amides is 1. The van der Waals surface area contributed by atoms with E-state index in [-0.39, 0.29) is 0 Å². The summed E-state index contributed by atoms with van der Waals surface area (Å²) in [7, 11) is 0. The Morgan fingerprint density at radius 3 is 2.17 bits per heavy atom. The molecule has 0 atom stereocenters. The number of alkyl halides is 3. The Balaban J connectivity index is 4.20. The Kier molecular flexibility index (Phi) is 3.45. The minimum atomic E-state index is -3.81. The van der Waals surface area contributed by atoms with Crippen LogP contribution in [0.5, 0.6) is 0 Å². The van der Waals surface area contributed by atoms with Gasteiger partial charge in [0.25, 0.3) is 0 Å². The fourth-order valence-electron chi connectivity index (χ4n) is 0.467. The van der Waals surface area contributed by atoms with Crippen molar-refractivity contribution < 1.29 is 13.6 Å². The SMILES string of the molecule is CCC(C)(C)NC(=O)C(F)(F)Cl. The fourth-order valence-corrected chi connectivity index (χ4v) is 0.514. The van der Waals surface area contributed by atoms with Crippen molar-refractivity contribution in [2.75, 3.05) is 0 Å². The number of hydrogen-bond donors (Lipinski definition) is 1. The molecule has 72 valence electrons. The first-order chi connectivity index (χ1) is 5.19. The summed E-state index contributed by atoms with van der Waals surface area (Å²) in [5.74, 6) is -1.45. The molecule has 0 aromatic carbocycles. The molecule has 1 N–H and O–H groups in total. The molecule has 0 rings (SSSR count). The Morgan fingerprint density at radius 2 is 1.92 bits per heavy atom. The molecule has 0 aliphatic carbocycles. The van der Waals surface area contributed by atoms with Crippen LogP contribution in [0.1, 0.15) is 27.2 Å². The first kappa shape index (κ1) is 11.6. The fraction of sp³-hybridized carbons (Fsp3) is 0.857. The van der Waals surface area contributed by atoms with E-state index in [1.807, 2.05) is 0 Å². The molecular formula is C7H12ClF2NO. The molecule has 0 bridgehead atoms. The molecule has 0 aromatic rings. The van der Waals surface area contributed by atoms with Crippen molar-refractivity contribution in [3.8, 4) is 0 Å². The molecule has 0 unspecified atom stereocenters. The van der Waals surface area contributed by atoms with E-state index in [1.54, 1.807) is 20.8 Å². The molecule has 0 saturated carbocycles. The van der Waals surface area contributed by atoms with Gasteiger partial charge in [-0.3, -0.25) is 4.79 Å². The lowest BCUT2D eigenvalue weighted by Gasteiger charge is -2.25. The molecule has 5 heteroatoms. The van der Waals surface area contributed by atoms with E-state index in [0.29, 0.717) is 6.42 Å². The van der Waals surface area contributed by atoms with Crippen molar-refractivity contribution in [3.63, 3.8) is 0 Å². The number of hydrogen-bond acceptors (Lipinski definition) is 1. The predicted molar refractivity (Wildman–Crippen MR) is 43.3 cm³/mol. The normalized spacial score (nSPS) is 12.8. The van der Waals surface area contributed by atoms with Crippen molar-refractivity contribution in [1.29, 1.82) is 0 Å². The van der Waals surface area contributed by atoms with Gasteiger partial charge in [-0.1, -0.05) is 6.92 Å². The topological polar surface area (TPSA) is 29.1 Å². The minimum absolute atomic E-state index is 0.561. The zero-order valence-corrected chi connectivity index (χ0v) is 8.01. The average Bonchev–Trinajstić information content (AvgIpc) is 1.85. The molecule has 0 saturated heterocycles. The van der Waals surface area contributed by atoms with Crippen LogP contribution in [0.25, 0.3) is 0 Å². The van der Waals surface area contributed by atoms with Gasteiger partial charge in [-0.2, -0.15) is 8.78 Å². The predicted octanol–water partition coefficient (Wildman–Crippen LogP) is 2.12. The first-order valence-corrected chi connectivity index (χ1v) is 3.96. The van der Waals surface area contributed by atoms with Crippen LogP contribution in [0.4, 0.5) is 8.78 Å². The number of carbonyl (C=O) groups excluding carboxylic acids is 1. The van der Waals surface area contributed by atoms with Gasteiger partial charge in [0.15, 0.2) is 0 Å². The molecule has 0 aliphatic heterocycles. The van der Waals surface area contributed by atoms with E-state index in [9.17, 15) is 13.6 Å². The maximum absolute atomic E-state index is 12.1. The number of carbonyl (C=O) groups is 1. The van der Waals surface area contributed by atoms with Crippen molar-refractivity contribution >= 4 is 17.5 Å². The highest BCUT2D eigenvalue weighted by molar-refractivity contribution is 6.32. The summed E-state index contributed by atoms with van der Waals surface area (Å²) in [4.78, 5) is 10.6. The largest absolute Gasteiger partial charge is 0.399 e. The van der Waals surface area contributed by atoms with E-state index >= 15 is 0 Å². The molecular weight excluding hydrogens is 188 g/mol. The Morgan fingerprint density at radius 1 is 1.50 bits per heavy atom. The van der Waals surface area contributed by atoms with Gasteiger partial charge in [-0.05, 0) is 31.9 Å². The molecule has 0 aromatic heterocycles. The zero-order chi connectivity index (χ0) is 9.99. The molecule has 0 fully saturated rings. The standard InChI is InChI=1S/C7H12ClF2NO/c1-4-6(2,3)11-5(12)7(8,9)10/h4H2,1-3H3,(H,11,12). The van der Waals surface area contributed by atoms with Gasteiger partial charge in [-0.15, -0.1) is 0 Å². The number of nitrogens with one attached hydrogen (secondary N) is 1. The van der Waals surface area contributed by atoms with Crippen LogP contribution in [-0.4, -0.2) is 16.8 Å². The third-order valence-electron chi connectivity index (χ3n) is 1.59. The Hall–Kier alpha value is -0.380. The van der Waals surface area contributed by atoms with E-state index in [4.69, 9.17) is 0 Å². The van der Waals surface area contributed by atoms with Crippen LogP contribution in [0.2, 0.25) is 0 Å². The number of rotatable bonds is 3. The summed E-state index contributed by atoms with van der Waals surface area (Å²) in [6, 6.07) is 0. The van der Waals surface area contributed by atoms with Crippen LogP contribution in [0, 0.1) is 0 Å². The van der Waals surface area contributed by atoms with Crippen LogP contribution < -0.4 is 5.32 Å². The van der Waals surface area contributed by atoms with Crippen molar-refractivity contribution in [3.05, 3.63) is 0 Å². The van der Waals surface area contributed by atoms with E-state index in [1.165, 1.54) is 0 Å². The van der Waals surface area contributed by atoms with Crippen LogP contribution in [-0.2, 0) is 4.79 Å². The maximum Gasteiger partial charge on any atom is 0.399 e. The lowest BCUT2D eigenvalue weighted by Crippen LogP contribution is -2.48. The summed E-state index contributed by atoms with van der Waals surface area (Å²) in [5.41, 5.74) is -0.643. The molecule has 0 spiro atoms. The van der Waals surface area contributed by atoms with Crippen molar-refractivity contribution in [1.82, 2.24) is 5.32 Å². The van der Waals surface area contributed by atoms with Gasteiger partial charge in [0.2, 0.25) is 0 Å². The third kappa shape index (κ3) is 3.85. The summed E-state index contributed by atoms with van der Waals surface area (Å²) in [6.07, 6.45) is 0.561. The lowest BCUT2D eigenvalue weighted by atomic mass is 10.0. The van der Waals surface area contributed by atoms with E-state index in [2.05, 4.69) is 16.9 Å². The second-order valence-electron chi connectivity index (χ2n) is 3.19. The highest BCUT2D eigenvalue weighted by Gasteiger charge is 2.38. The highest BCUT2D eigenvalue weighted by atomic mass is 35.5. The Labute approximate surface area is 75.3 Å². The first-order valence-electron chi connectivity index (χ1n) is 3.58. The monoisotopic (exact) mass is 199 g/mol. The molecule has 0 heterocycles. The maximum atomic E-state index is 12.1. The third-order valence-corrected chi connectivity index (χ3v) is 1.76. The Bertz CT molecular complexity index is 177. The quantitative estimate of drug-likeness (QED) is 0.694. The van der Waals surface area contributed by atoms with Gasteiger partial charge in [-0.25, -0.2) is 0 Å². The average molecular weight is 200 g/mol. The van der Waals surface area contributed by atoms with Crippen molar-refractivity contribution in [2.24, 2.45) is 0 Å². The van der Waals surface area contributed by atoms with Crippen molar-refractivity contribution in [2.45, 2.75) is 38.1 Å². The molecule has 0 aliphatic rings. The second kappa shape index (κ2) is 3.56. The van der Waals surface area contributed by atoms with Gasteiger partial charge in [0.1, 0.15) is 0 Å². The smallest absolute Gasteiger partial charge is 0.345 e. The summed E-state index contributed by atoms with van der Waals surface area (Å²) in [6.45, 7) is 5.08. The molecule has 2 nitrogen and oxygen atoms in total. The van der Waals surface area contributed by atoms with Crippen LogP contribution in [0.15, 0.2) is 0 Å². The molecule has 1 amide bonds. The summed E-state index contributed by atoms with van der Waals surface area (Å²) >= 11 is 4.50. The second-order valence-corrected chi connectivity index (χ2v) is 3.66. The lowest BCUT2D eigenvalue weighted by molar-refractivity contribution is -0.137. The summed E-state index contributed by atoms with van der Waals surface area (Å²) < 4.78 is 24.3. The zero-order valence-electron chi connectivity index (χ0n) is 7.25. The van der Waals surface area contributed by atoms with E-state index < -0.39 is 16.8 Å².